The first kappa shape index (κ1) is 24.4. The summed E-state index contributed by atoms with van der Waals surface area (Å²) in [6.45, 7) is 2.90. The number of carbonyl (C=O) groups excluding carboxylic acids is 2. The molecule has 2 saturated heterocycles. The molecule has 4 heterocycles. The zero-order chi connectivity index (χ0) is 26.5. The maximum absolute atomic E-state index is 14.2. The van der Waals surface area contributed by atoms with Crippen molar-refractivity contribution in [2.75, 3.05) is 19.6 Å². The Morgan fingerprint density at radius 1 is 0.872 bits per heavy atom. The van der Waals surface area contributed by atoms with Crippen molar-refractivity contribution in [2.45, 2.75) is 43.9 Å². The van der Waals surface area contributed by atoms with Gasteiger partial charge < -0.3 is 14.8 Å². The minimum atomic E-state index is -0.513. The molecule has 198 valence electrons. The SMILES string of the molecule is O=C1[C@@H]2Cc3c([nH]c4ccccc34)[C@@H](c3ccc(Cl)cc3)N2C(=O)CN1C1CCN(Cc2ccccc2)CC1. The van der Waals surface area contributed by atoms with Crippen LogP contribution in [-0.2, 0) is 22.6 Å². The second kappa shape index (κ2) is 9.85. The zero-order valence-electron chi connectivity index (χ0n) is 21.7. The maximum atomic E-state index is 14.2. The summed E-state index contributed by atoms with van der Waals surface area (Å²) in [7, 11) is 0. The third-order valence-corrected chi connectivity index (χ3v) is 8.98. The molecule has 1 N–H and O–H groups in total. The number of amides is 2. The lowest BCUT2D eigenvalue weighted by Gasteiger charge is -2.49. The highest BCUT2D eigenvalue weighted by Crippen LogP contribution is 2.43. The molecule has 3 aromatic carbocycles. The Balaban J connectivity index is 1.18. The van der Waals surface area contributed by atoms with E-state index in [1.54, 1.807) is 0 Å². The van der Waals surface area contributed by atoms with Crippen LogP contribution in [0.15, 0.2) is 78.9 Å². The molecule has 2 amide bonds. The fourth-order valence-electron chi connectivity index (χ4n) is 6.82. The molecule has 0 radical (unpaired) electrons. The van der Waals surface area contributed by atoms with E-state index in [9.17, 15) is 9.59 Å². The molecular weight excluding hydrogens is 508 g/mol. The molecule has 0 saturated carbocycles. The van der Waals surface area contributed by atoms with Crippen LogP contribution < -0.4 is 0 Å². The predicted molar refractivity (Wildman–Crippen MR) is 152 cm³/mol. The molecule has 0 aliphatic carbocycles. The number of fused-ring (bicyclic) bond motifs is 4. The van der Waals surface area contributed by atoms with Gasteiger partial charge in [-0.05, 0) is 47.7 Å². The summed E-state index contributed by atoms with van der Waals surface area (Å²) in [5.74, 6) is 0.0848. The van der Waals surface area contributed by atoms with Gasteiger partial charge in [0.15, 0.2) is 0 Å². The van der Waals surface area contributed by atoms with Gasteiger partial charge in [0.25, 0.3) is 0 Å². The second-order valence-electron chi connectivity index (χ2n) is 11.0. The smallest absolute Gasteiger partial charge is 0.246 e. The number of aromatic amines is 1. The molecule has 3 aliphatic heterocycles. The zero-order valence-corrected chi connectivity index (χ0v) is 22.5. The van der Waals surface area contributed by atoms with Gasteiger partial charge >= 0.3 is 0 Å². The minimum absolute atomic E-state index is 0.00979. The van der Waals surface area contributed by atoms with Gasteiger partial charge in [0.05, 0.1) is 6.04 Å². The Morgan fingerprint density at radius 3 is 2.36 bits per heavy atom. The number of hydrogen-bond acceptors (Lipinski definition) is 3. The van der Waals surface area contributed by atoms with Crippen molar-refractivity contribution in [1.82, 2.24) is 19.7 Å². The van der Waals surface area contributed by atoms with Gasteiger partial charge in [-0.15, -0.1) is 0 Å². The van der Waals surface area contributed by atoms with Gasteiger partial charge in [-0.25, -0.2) is 0 Å². The lowest BCUT2D eigenvalue weighted by molar-refractivity contribution is -0.161. The highest BCUT2D eigenvalue weighted by Gasteiger charge is 2.49. The molecule has 0 spiro atoms. The van der Waals surface area contributed by atoms with Crippen LogP contribution in [0.4, 0.5) is 0 Å². The first-order valence-electron chi connectivity index (χ1n) is 13.8. The number of piperidine rings is 1. The van der Waals surface area contributed by atoms with E-state index in [0.717, 1.165) is 60.2 Å². The molecule has 2 fully saturated rings. The van der Waals surface area contributed by atoms with Crippen molar-refractivity contribution in [3.8, 4) is 0 Å². The third kappa shape index (κ3) is 4.32. The van der Waals surface area contributed by atoms with Gasteiger partial charge in [-0.2, -0.15) is 0 Å². The number of hydrogen-bond donors (Lipinski definition) is 1. The quantitative estimate of drug-likeness (QED) is 0.390. The Bertz CT molecular complexity index is 1530. The van der Waals surface area contributed by atoms with Crippen molar-refractivity contribution in [2.24, 2.45) is 0 Å². The van der Waals surface area contributed by atoms with Crippen LogP contribution in [0.5, 0.6) is 0 Å². The van der Waals surface area contributed by atoms with Crippen molar-refractivity contribution < 1.29 is 9.59 Å². The van der Waals surface area contributed by atoms with Gasteiger partial charge in [0.1, 0.15) is 12.6 Å². The highest BCUT2D eigenvalue weighted by molar-refractivity contribution is 6.30. The highest BCUT2D eigenvalue weighted by atomic mass is 35.5. The van der Waals surface area contributed by atoms with Crippen molar-refractivity contribution in [3.63, 3.8) is 0 Å². The number of aromatic nitrogens is 1. The first-order valence-corrected chi connectivity index (χ1v) is 14.2. The Kier molecular flexibility index (Phi) is 6.17. The average Bonchev–Trinajstić information content (AvgIpc) is 3.34. The third-order valence-electron chi connectivity index (χ3n) is 8.73. The number of likely N-dealkylation sites (tertiary alicyclic amines) is 1. The predicted octanol–water partition coefficient (Wildman–Crippen LogP) is 5.17. The maximum Gasteiger partial charge on any atom is 0.246 e. The summed E-state index contributed by atoms with van der Waals surface area (Å²) in [6, 6.07) is 25.6. The Hall–Kier alpha value is -3.61. The van der Waals surface area contributed by atoms with Crippen molar-refractivity contribution >= 4 is 34.3 Å². The lowest BCUT2D eigenvalue weighted by atomic mass is 9.85. The van der Waals surface area contributed by atoms with E-state index in [-0.39, 0.29) is 30.4 Å². The summed E-state index contributed by atoms with van der Waals surface area (Å²) in [6.07, 6.45) is 2.30. The molecule has 0 bridgehead atoms. The molecular formula is C32H31ClN4O2. The molecule has 7 heteroatoms. The molecule has 39 heavy (non-hydrogen) atoms. The van der Waals surface area contributed by atoms with Crippen LogP contribution in [0.1, 0.15) is 41.3 Å². The van der Waals surface area contributed by atoms with E-state index in [0.29, 0.717) is 11.4 Å². The van der Waals surface area contributed by atoms with E-state index in [4.69, 9.17) is 11.6 Å². The topological polar surface area (TPSA) is 59.7 Å². The molecule has 1 aromatic heterocycles. The lowest BCUT2D eigenvalue weighted by Crippen LogP contribution is -2.65. The minimum Gasteiger partial charge on any atom is -0.356 e. The number of rotatable bonds is 4. The first-order chi connectivity index (χ1) is 19.1. The monoisotopic (exact) mass is 538 g/mol. The van der Waals surface area contributed by atoms with Crippen LogP contribution in [0.2, 0.25) is 5.02 Å². The normalized spacial score (nSPS) is 22.3. The molecule has 7 rings (SSSR count). The summed E-state index contributed by atoms with van der Waals surface area (Å²) < 4.78 is 0. The van der Waals surface area contributed by atoms with Crippen molar-refractivity contribution in [1.29, 1.82) is 0 Å². The van der Waals surface area contributed by atoms with E-state index >= 15 is 0 Å². The summed E-state index contributed by atoms with van der Waals surface area (Å²) >= 11 is 6.21. The number of piperazine rings is 1. The van der Waals surface area contributed by atoms with Crippen LogP contribution in [0, 0.1) is 0 Å². The van der Waals surface area contributed by atoms with E-state index in [1.165, 1.54) is 5.56 Å². The standard InChI is InChI=1S/C32H31ClN4O2/c33-23-12-10-22(11-13-23)31-30-26(25-8-4-5-9-27(25)34-30)18-28-32(39)36(20-29(38)37(28)31)24-14-16-35(17-15-24)19-21-6-2-1-3-7-21/h1-13,24,28,31,34H,14-20H2/t28-,31+/m0/s1. The second-order valence-corrected chi connectivity index (χ2v) is 11.4. The van der Waals surface area contributed by atoms with Gasteiger partial charge in [0, 0.05) is 53.7 Å². The number of halogens is 1. The fraction of sp³-hybridized carbons (Fsp3) is 0.312. The van der Waals surface area contributed by atoms with E-state index in [2.05, 4.69) is 46.3 Å². The van der Waals surface area contributed by atoms with Crippen LogP contribution in [0.3, 0.4) is 0 Å². The average molecular weight is 539 g/mol. The van der Waals surface area contributed by atoms with Crippen LogP contribution >= 0.6 is 11.6 Å². The molecule has 4 aromatic rings. The molecule has 6 nitrogen and oxygen atoms in total. The number of carbonyl (C=O) groups is 2. The Labute approximate surface area is 233 Å². The van der Waals surface area contributed by atoms with E-state index < -0.39 is 6.04 Å². The summed E-state index contributed by atoms with van der Waals surface area (Å²) in [4.78, 5) is 37.8. The van der Waals surface area contributed by atoms with Crippen molar-refractivity contribution in [3.05, 3.63) is 106 Å². The molecule has 3 aliphatic rings. The Morgan fingerprint density at radius 2 is 1.59 bits per heavy atom. The summed E-state index contributed by atoms with van der Waals surface area (Å²) in [5.41, 5.74) is 5.43. The van der Waals surface area contributed by atoms with E-state index in [1.807, 2.05) is 52.3 Å². The summed E-state index contributed by atoms with van der Waals surface area (Å²) in [5, 5.41) is 1.77. The number of benzene rings is 3. The number of H-pyrrole nitrogens is 1. The fourth-order valence-corrected chi connectivity index (χ4v) is 6.94. The van der Waals surface area contributed by atoms with Crippen LogP contribution in [-0.4, -0.2) is 63.2 Å². The number of nitrogens with zero attached hydrogens (tertiary/aromatic N) is 3. The largest absolute Gasteiger partial charge is 0.356 e. The van der Waals surface area contributed by atoms with Crippen LogP contribution in [0.25, 0.3) is 10.9 Å². The van der Waals surface area contributed by atoms with Gasteiger partial charge in [-0.3, -0.25) is 14.5 Å². The molecule has 2 atom stereocenters. The van der Waals surface area contributed by atoms with Gasteiger partial charge in [0.2, 0.25) is 11.8 Å². The number of para-hydroxylation sites is 1. The molecule has 0 unspecified atom stereocenters. The van der Waals surface area contributed by atoms with Gasteiger partial charge in [-0.1, -0.05) is 72.3 Å². The number of nitrogens with one attached hydrogen (secondary N) is 1.